The van der Waals surface area contributed by atoms with Gasteiger partial charge in [0.1, 0.15) is 23.9 Å². The molecule has 0 aliphatic rings. The smallest absolute Gasteiger partial charge is 0.162 e. The Balaban J connectivity index is 2.12. The maximum absolute atomic E-state index is 9.29. The second-order valence-electron chi connectivity index (χ2n) is 4.22. The van der Waals surface area contributed by atoms with Gasteiger partial charge in [-0.2, -0.15) is 0 Å². The van der Waals surface area contributed by atoms with E-state index in [-0.39, 0.29) is 12.5 Å². The van der Waals surface area contributed by atoms with Crippen molar-refractivity contribution in [3.8, 4) is 5.75 Å². The molecule has 2 aromatic rings. The van der Waals surface area contributed by atoms with Crippen molar-refractivity contribution in [1.29, 1.82) is 0 Å². The molecule has 0 fully saturated rings. The van der Waals surface area contributed by atoms with Crippen LogP contribution in [0.5, 0.6) is 5.75 Å². The monoisotopic (exact) mass is 248 g/mol. The molecule has 0 aliphatic carbocycles. The summed E-state index contributed by atoms with van der Waals surface area (Å²) >= 11 is 0. The molecule has 1 N–H and O–H groups in total. The van der Waals surface area contributed by atoms with E-state index in [1.165, 1.54) is 0 Å². The zero-order valence-electron chi connectivity index (χ0n) is 10.5. The van der Waals surface area contributed by atoms with Gasteiger partial charge >= 0.3 is 0 Å². The molecule has 0 amide bonds. The molecule has 5 heteroatoms. The van der Waals surface area contributed by atoms with Gasteiger partial charge in [-0.25, -0.2) is 9.97 Å². The highest BCUT2D eigenvalue weighted by Gasteiger charge is 2.10. The minimum absolute atomic E-state index is 0.171. The van der Waals surface area contributed by atoms with Crippen molar-refractivity contribution in [3.05, 3.63) is 41.9 Å². The fourth-order valence-corrected chi connectivity index (χ4v) is 1.48. The summed E-state index contributed by atoms with van der Waals surface area (Å²) in [7, 11) is 0. The summed E-state index contributed by atoms with van der Waals surface area (Å²) in [5.74, 6) is 2.11. The van der Waals surface area contributed by atoms with Crippen LogP contribution in [0.25, 0.3) is 0 Å². The van der Waals surface area contributed by atoms with Crippen LogP contribution < -0.4 is 4.74 Å². The summed E-state index contributed by atoms with van der Waals surface area (Å²) in [5.41, 5.74) is 0.500. The van der Waals surface area contributed by atoms with Crippen molar-refractivity contribution in [2.45, 2.75) is 33.0 Å². The predicted octanol–water partition coefficient (Wildman–Crippen LogP) is 2.26. The largest absolute Gasteiger partial charge is 0.482 e. The first-order valence-electron chi connectivity index (χ1n) is 5.82. The third kappa shape index (κ3) is 2.87. The lowest BCUT2D eigenvalue weighted by molar-refractivity contribution is 0.239. The Morgan fingerprint density at radius 3 is 2.89 bits per heavy atom. The van der Waals surface area contributed by atoms with E-state index in [9.17, 15) is 5.11 Å². The molecule has 0 atom stereocenters. The summed E-state index contributed by atoms with van der Waals surface area (Å²) in [6, 6.07) is 3.62. The van der Waals surface area contributed by atoms with E-state index in [1.807, 2.05) is 19.9 Å². The quantitative estimate of drug-likeness (QED) is 0.879. The maximum Gasteiger partial charge on any atom is 0.162 e. The molecule has 0 unspecified atom stereocenters. The fraction of sp³-hybridized carbons (Fsp3) is 0.385. The Hall–Kier alpha value is -1.88. The van der Waals surface area contributed by atoms with Gasteiger partial charge in [-0.15, -0.1) is 0 Å². The van der Waals surface area contributed by atoms with Crippen molar-refractivity contribution in [3.63, 3.8) is 0 Å². The van der Waals surface area contributed by atoms with Crippen molar-refractivity contribution < 1.29 is 14.3 Å². The average Bonchev–Trinajstić information content (AvgIpc) is 2.89. The predicted molar refractivity (Wildman–Crippen MR) is 65.1 cm³/mol. The Morgan fingerprint density at radius 2 is 2.28 bits per heavy atom. The molecule has 0 saturated carbocycles. The number of hydrogen-bond acceptors (Lipinski definition) is 5. The molecular formula is C13H16N2O3. The van der Waals surface area contributed by atoms with Crippen molar-refractivity contribution >= 4 is 0 Å². The molecule has 18 heavy (non-hydrogen) atoms. The lowest BCUT2D eigenvalue weighted by Crippen LogP contribution is -2.05. The highest BCUT2D eigenvalue weighted by molar-refractivity contribution is 5.25. The van der Waals surface area contributed by atoms with Gasteiger partial charge in [0.25, 0.3) is 0 Å². The zero-order chi connectivity index (χ0) is 13.0. The number of aromatic nitrogens is 2. The average molecular weight is 248 g/mol. The van der Waals surface area contributed by atoms with Gasteiger partial charge in [0, 0.05) is 5.92 Å². The van der Waals surface area contributed by atoms with Crippen molar-refractivity contribution in [1.82, 2.24) is 9.97 Å². The Bertz CT molecular complexity index is 495. The van der Waals surface area contributed by atoms with E-state index in [2.05, 4.69) is 9.97 Å². The molecule has 0 radical (unpaired) electrons. The molecule has 0 saturated heterocycles. The lowest BCUT2D eigenvalue weighted by Gasteiger charge is -2.10. The van der Waals surface area contributed by atoms with Crippen LogP contribution in [0.1, 0.15) is 37.0 Å². The van der Waals surface area contributed by atoms with Crippen molar-refractivity contribution in [2.24, 2.45) is 0 Å². The molecule has 0 spiro atoms. The van der Waals surface area contributed by atoms with E-state index < -0.39 is 0 Å². The van der Waals surface area contributed by atoms with E-state index in [1.54, 1.807) is 18.5 Å². The van der Waals surface area contributed by atoms with Gasteiger partial charge in [-0.1, -0.05) is 13.8 Å². The number of hydrogen-bond donors (Lipinski definition) is 1. The lowest BCUT2D eigenvalue weighted by atomic mass is 10.2. The highest BCUT2D eigenvalue weighted by atomic mass is 16.5. The number of ether oxygens (including phenoxy) is 1. The second-order valence-corrected chi connectivity index (χ2v) is 4.22. The van der Waals surface area contributed by atoms with Gasteiger partial charge < -0.3 is 14.3 Å². The summed E-state index contributed by atoms with van der Waals surface area (Å²) in [4.78, 5) is 8.48. The van der Waals surface area contributed by atoms with Crippen LogP contribution in [0.3, 0.4) is 0 Å². The first-order chi connectivity index (χ1) is 8.70. The molecule has 0 aromatic carbocycles. The van der Waals surface area contributed by atoms with Gasteiger partial charge in [-0.05, 0) is 12.1 Å². The Morgan fingerprint density at radius 1 is 1.44 bits per heavy atom. The molecule has 2 heterocycles. The highest BCUT2D eigenvalue weighted by Crippen LogP contribution is 2.19. The van der Waals surface area contributed by atoms with E-state index in [0.717, 1.165) is 0 Å². The summed E-state index contributed by atoms with van der Waals surface area (Å²) in [5, 5.41) is 9.29. The van der Waals surface area contributed by atoms with Crippen LogP contribution in [0.2, 0.25) is 0 Å². The van der Waals surface area contributed by atoms with Gasteiger partial charge in [0.05, 0.1) is 19.1 Å². The van der Waals surface area contributed by atoms with Crippen LogP contribution in [0.15, 0.2) is 29.0 Å². The SMILES string of the molecule is CC(C)c1ncc(OCc2ccco2)c(CO)n1. The number of rotatable bonds is 5. The molecule has 2 aromatic heterocycles. The number of furan rings is 1. The van der Waals surface area contributed by atoms with Crippen molar-refractivity contribution in [2.75, 3.05) is 0 Å². The normalized spacial score (nSPS) is 10.9. The topological polar surface area (TPSA) is 68.4 Å². The third-order valence-corrected chi connectivity index (χ3v) is 2.46. The van der Waals surface area contributed by atoms with Crippen LogP contribution >= 0.6 is 0 Å². The van der Waals surface area contributed by atoms with Crippen LogP contribution in [0.4, 0.5) is 0 Å². The van der Waals surface area contributed by atoms with Gasteiger partial charge in [-0.3, -0.25) is 0 Å². The van der Waals surface area contributed by atoms with E-state index in [0.29, 0.717) is 29.6 Å². The number of nitrogens with zero attached hydrogens (tertiary/aromatic N) is 2. The number of aliphatic hydroxyl groups excluding tert-OH is 1. The van der Waals surface area contributed by atoms with Gasteiger partial charge in [0.2, 0.25) is 0 Å². The molecule has 0 aliphatic heterocycles. The minimum Gasteiger partial charge on any atom is -0.482 e. The second kappa shape index (κ2) is 5.64. The first-order valence-corrected chi connectivity index (χ1v) is 5.82. The fourth-order valence-electron chi connectivity index (χ4n) is 1.48. The van der Waals surface area contributed by atoms with E-state index in [4.69, 9.17) is 9.15 Å². The minimum atomic E-state index is -0.171. The summed E-state index contributed by atoms with van der Waals surface area (Å²) < 4.78 is 10.7. The van der Waals surface area contributed by atoms with Crippen LogP contribution in [0, 0.1) is 0 Å². The Labute approximate surface area is 105 Å². The van der Waals surface area contributed by atoms with Gasteiger partial charge in [0.15, 0.2) is 5.75 Å². The molecule has 0 bridgehead atoms. The molecular weight excluding hydrogens is 232 g/mol. The molecule has 2 rings (SSSR count). The molecule has 5 nitrogen and oxygen atoms in total. The third-order valence-electron chi connectivity index (χ3n) is 2.46. The Kier molecular flexibility index (Phi) is 3.94. The first kappa shape index (κ1) is 12.6. The zero-order valence-corrected chi connectivity index (χ0v) is 10.5. The standard InChI is InChI=1S/C13H16N2O3/c1-9(2)13-14-6-12(11(7-16)15-13)18-8-10-4-3-5-17-10/h3-6,9,16H,7-8H2,1-2H3. The van der Waals surface area contributed by atoms with Crippen LogP contribution in [-0.2, 0) is 13.2 Å². The van der Waals surface area contributed by atoms with E-state index >= 15 is 0 Å². The number of aliphatic hydroxyl groups is 1. The van der Waals surface area contributed by atoms with Crippen LogP contribution in [-0.4, -0.2) is 15.1 Å². The summed E-state index contributed by atoms with van der Waals surface area (Å²) in [6.45, 7) is 4.12. The summed E-state index contributed by atoms with van der Waals surface area (Å²) in [6.07, 6.45) is 3.18. The maximum atomic E-state index is 9.29. The molecule has 96 valence electrons.